The topological polar surface area (TPSA) is 231 Å². The van der Waals surface area contributed by atoms with E-state index in [0.717, 1.165) is 193 Å². The van der Waals surface area contributed by atoms with Crippen LogP contribution in [-0.2, 0) is 55.8 Å². The molecule has 600 valence electrons. The largest absolute Gasteiger partial charge is 0.472 e. The SMILES string of the molecule is CC/C=C\C/C=C\C/C=C\C/C=C\C/C=C\C/C=C\CCCCCCCCCCC(=O)OCC(O)COP(=O)(O)OCC(O)COP(=O)(O)OCC(COC(=O)CCCCCCCCC/C=C\C/C=C\C/C=C\C/C=C\CCCCC)OC(=O)CCCCCCCC/C=C\C/C=C\C/C=C\CCCCC. The van der Waals surface area contributed by atoms with Gasteiger partial charge in [0.25, 0.3) is 0 Å². The monoisotopic (exact) mass is 1510 g/mol. The molecule has 0 spiro atoms. The van der Waals surface area contributed by atoms with Crippen LogP contribution < -0.4 is 0 Å². The first kappa shape index (κ1) is 100. The normalized spacial score (nSPS) is 14.8. The molecule has 0 rings (SSSR count). The zero-order chi connectivity index (χ0) is 76.6. The number of unbranched alkanes of at least 4 members (excludes halogenated alkanes) is 27. The van der Waals surface area contributed by atoms with Gasteiger partial charge in [-0.1, -0.05) is 301 Å². The molecule has 0 heterocycles. The van der Waals surface area contributed by atoms with Crippen molar-refractivity contribution in [1.82, 2.24) is 0 Å². The van der Waals surface area contributed by atoms with Gasteiger partial charge in [-0.25, -0.2) is 9.13 Å². The zero-order valence-electron chi connectivity index (χ0n) is 65.6. The maximum atomic E-state index is 13.0. The van der Waals surface area contributed by atoms with E-state index < -0.39 is 91.5 Å². The summed E-state index contributed by atoms with van der Waals surface area (Å²) in [6.07, 6.45) is 98.4. The van der Waals surface area contributed by atoms with Crippen molar-refractivity contribution in [1.29, 1.82) is 0 Å². The van der Waals surface area contributed by atoms with Gasteiger partial charge in [-0.15, -0.1) is 0 Å². The van der Waals surface area contributed by atoms with Gasteiger partial charge >= 0.3 is 33.6 Å². The Morgan fingerprint density at radius 2 is 0.505 bits per heavy atom. The number of hydrogen-bond donors (Lipinski definition) is 4. The highest BCUT2D eigenvalue weighted by Crippen LogP contribution is 2.45. The van der Waals surface area contributed by atoms with Crippen molar-refractivity contribution in [3.05, 3.63) is 158 Å². The fraction of sp³-hybridized carbons (Fsp3) is 0.667. The smallest absolute Gasteiger partial charge is 0.463 e. The van der Waals surface area contributed by atoms with Crippen LogP contribution in [0.5, 0.6) is 0 Å². The molecule has 5 atom stereocenters. The maximum absolute atomic E-state index is 13.0. The number of rotatable bonds is 76. The molecule has 0 aromatic carbocycles. The quantitative estimate of drug-likeness (QED) is 0.0146. The molecule has 0 saturated carbocycles. The molecule has 0 saturated heterocycles. The van der Waals surface area contributed by atoms with E-state index in [4.69, 9.17) is 32.3 Å². The number of carbonyl (C=O) groups excluding carboxylic acids is 3. The third-order valence-corrected chi connectivity index (χ3v) is 18.6. The fourth-order valence-electron chi connectivity index (χ4n) is 10.5. The second-order valence-electron chi connectivity index (χ2n) is 26.8. The molecule has 0 bridgehead atoms. The molecule has 0 aliphatic carbocycles. The molecule has 16 nitrogen and oxygen atoms in total. The maximum Gasteiger partial charge on any atom is 0.472 e. The Kier molecular flexibility index (Phi) is 75.1. The van der Waals surface area contributed by atoms with Crippen molar-refractivity contribution in [2.45, 2.75) is 334 Å². The number of phosphoric acid groups is 2. The van der Waals surface area contributed by atoms with Crippen LogP contribution in [0.25, 0.3) is 0 Å². The van der Waals surface area contributed by atoms with Gasteiger partial charge in [0.05, 0.1) is 26.4 Å². The highest BCUT2D eigenvalue weighted by Gasteiger charge is 2.29. The molecule has 0 aliphatic heterocycles. The predicted octanol–water partition coefficient (Wildman–Crippen LogP) is 24.2. The van der Waals surface area contributed by atoms with Crippen LogP contribution in [0, 0.1) is 0 Å². The Hall–Kier alpha value is -4.83. The van der Waals surface area contributed by atoms with Gasteiger partial charge < -0.3 is 34.2 Å². The Morgan fingerprint density at radius 3 is 0.800 bits per heavy atom. The number of aliphatic hydroxyl groups is 2. The fourth-order valence-corrected chi connectivity index (χ4v) is 12.1. The Bertz CT molecular complexity index is 2540. The summed E-state index contributed by atoms with van der Waals surface area (Å²) < 4.78 is 61.2. The van der Waals surface area contributed by atoms with E-state index >= 15 is 0 Å². The third-order valence-electron chi connectivity index (χ3n) is 16.7. The molecule has 105 heavy (non-hydrogen) atoms. The van der Waals surface area contributed by atoms with Crippen LogP contribution in [0.1, 0.15) is 316 Å². The molecule has 0 radical (unpaired) electrons. The summed E-state index contributed by atoms with van der Waals surface area (Å²) in [5, 5.41) is 20.7. The van der Waals surface area contributed by atoms with Gasteiger partial charge in [-0.2, -0.15) is 0 Å². The van der Waals surface area contributed by atoms with E-state index in [0.29, 0.717) is 19.3 Å². The van der Waals surface area contributed by atoms with E-state index in [1.54, 1.807) is 0 Å². The van der Waals surface area contributed by atoms with Crippen LogP contribution in [0.4, 0.5) is 0 Å². The minimum Gasteiger partial charge on any atom is -0.463 e. The average Bonchev–Trinajstić information content (AvgIpc) is 0.941. The highest BCUT2D eigenvalue weighted by atomic mass is 31.2. The first-order valence-electron chi connectivity index (χ1n) is 40.8. The molecule has 0 amide bonds. The van der Waals surface area contributed by atoms with Crippen LogP contribution in [-0.4, -0.2) is 95.9 Å². The van der Waals surface area contributed by atoms with Gasteiger partial charge in [-0.3, -0.25) is 32.5 Å². The van der Waals surface area contributed by atoms with Crippen molar-refractivity contribution < 1.29 is 75.8 Å². The average molecular weight is 1510 g/mol. The standard InChI is InChI=1S/C87H146O16P2/c1-4-7-10-13-16-19-22-25-28-31-34-36-38-39-40-41-43-45-47-49-52-55-58-61-64-67-70-73-85(90)97-76-82(88)77-99-104(93,94)100-78-83(89)79-101-105(95,96)102-81-84(103-87(92)75-72-69-66-63-60-57-54-51-46-33-30-27-24-21-18-15-12-9-6-3)80-98-86(91)74-71-68-65-62-59-56-53-50-48-44-42-37-35-32-29-26-23-20-17-14-11-8-5-2/h7,10,16-21,25-30,34-37,39-40,43-46,48,51,82-84,88-89H,4-6,8-9,11-15,22-24,31-33,38,41-42,47,49-50,52-81H2,1-3H3,(H,93,94)(H,95,96)/b10-7-,19-16-,20-17-,21-18-,28-25-,29-26-,30-27-,36-34-,37-35-,40-39-,45-43-,48-44-,51-46-. The lowest BCUT2D eigenvalue weighted by atomic mass is 10.1. The summed E-state index contributed by atoms with van der Waals surface area (Å²) in [7, 11) is -9.81. The van der Waals surface area contributed by atoms with Gasteiger partial charge in [0.15, 0.2) is 6.10 Å². The Morgan fingerprint density at radius 1 is 0.276 bits per heavy atom. The van der Waals surface area contributed by atoms with Crippen LogP contribution >= 0.6 is 15.6 Å². The number of hydrogen-bond acceptors (Lipinski definition) is 14. The molecular weight excluding hydrogens is 1360 g/mol. The minimum absolute atomic E-state index is 0.0829. The summed E-state index contributed by atoms with van der Waals surface area (Å²) in [4.78, 5) is 58.8. The number of ether oxygens (including phenoxy) is 3. The second-order valence-corrected chi connectivity index (χ2v) is 29.7. The van der Waals surface area contributed by atoms with Gasteiger partial charge in [0, 0.05) is 19.3 Å². The molecule has 4 N–H and O–H groups in total. The first-order chi connectivity index (χ1) is 51.2. The summed E-state index contributed by atoms with van der Waals surface area (Å²) in [6, 6.07) is 0. The highest BCUT2D eigenvalue weighted by molar-refractivity contribution is 7.47. The van der Waals surface area contributed by atoms with Crippen molar-refractivity contribution >= 4 is 33.6 Å². The Labute approximate surface area is 638 Å². The lowest BCUT2D eigenvalue weighted by Gasteiger charge is -2.21. The molecule has 0 aliphatic rings. The van der Waals surface area contributed by atoms with Gasteiger partial charge in [0.2, 0.25) is 0 Å². The van der Waals surface area contributed by atoms with E-state index in [2.05, 4.69) is 179 Å². The summed E-state index contributed by atoms with van der Waals surface area (Å²) in [5.41, 5.74) is 0. The molecule has 0 aromatic rings. The van der Waals surface area contributed by atoms with Gasteiger partial charge in [-0.05, 0) is 154 Å². The first-order valence-corrected chi connectivity index (χ1v) is 43.8. The van der Waals surface area contributed by atoms with Crippen molar-refractivity contribution in [2.75, 3.05) is 39.6 Å². The minimum atomic E-state index is -4.95. The lowest BCUT2D eigenvalue weighted by Crippen LogP contribution is -2.30. The van der Waals surface area contributed by atoms with Crippen LogP contribution in [0.3, 0.4) is 0 Å². The van der Waals surface area contributed by atoms with Gasteiger partial charge in [0.1, 0.15) is 25.4 Å². The number of phosphoric ester groups is 2. The van der Waals surface area contributed by atoms with E-state index in [-0.39, 0.29) is 19.3 Å². The van der Waals surface area contributed by atoms with E-state index in [9.17, 15) is 43.5 Å². The van der Waals surface area contributed by atoms with Crippen molar-refractivity contribution in [3.8, 4) is 0 Å². The van der Waals surface area contributed by atoms with E-state index in [1.807, 2.05) is 0 Å². The lowest BCUT2D eigenvalue weighted by molar-refractivity contribution is -0.161. The third kappa shape index (κ3) is 80.0. The number of esters is 3. The summed E-state index contributed by atoms with van der Waals surface area (Å²) >= 11 is 0. The molecule has 18 heteroatoms. The molecule has 0 aromatic heterocycles. The molecular formula is C87H146O16P2. The summed E-state index contributed by atoms with van der Waals surface area (Å²) in [6.45, 7) is 2.48. The molecule has 5 unspecified atom stereocenters. The Balaban J connectivity index is 4.67. The zero-order valence-corrected chi connectivity index (χ0v) is 67.4. The summed E-state index contributed by atoms with van der Waals surface area (Å²) in [5.74, 6) is -1.61. The van der Waals surface area contributed by atoms with Crippen LogP contribution in [0.15, 0.2) is 158 Å². The second kappa shape index (κ2) is 78.7. The number of carbonyl (C=O) groups is 3. The van der Waals surface area contributed by atoms with Crippen molar-refractivity contribution in [2.24, 2.45) is 0 Å². The van der Waals surface area contributed by atoms with E-state index in [1.165, 1.54) is 64.2 Å². The number of allylic oxidation sites excluding steroid dienone is 26. The molecule has 0 fully saturated rings. The number of aliphatic hydroxyl groups excluding tert-OH is 2. The predicted molar refractivity (Wildman–Crippen MR) is 435 cm³/mol. The van der Waals surface area contributed by atoms with Crippen molar-refractivity contribution in [3.63, 3.8) is 0 Å². The van der Waals surface area contributed by atoms with Crippen LogP contribution in [0.2, 0.25) is 0 Å².